The van der Waals surface area contributed by atoms with Gasteiger partial charge < -0.3 is 4.84 Å². The molecule has 0 saturated heterocycles. The first-order chi connectivity index (χ1) is 23.4. The van der Waals surface area contributed by atoms with Crippen LogP contribution in [0.2, 0.25) is 5.02 Å². The standard InChI is InChI=1S/C40H31ClN4O3/c1-43-45(35-20-19-31(41)21-34(35)40(42-22-37(47)48-43)28-11-3-2-4-12-28)36(46)25-44-23-29-17-15-26-9-5-7-13-32(26)38(29)39-30(24-44)18-16-27-10-6-8-14-33(27)39/h2-21H,22-25H2,1H3. The summed E-state index contributed by atoms with van der Waals surface area (Å²) in [6, 6.07) is 40.5. The molecule has 0 saturated carbocycles. The third kappa shape index (κ3) is 5.42. The Labute approximate surface area is 283 Å². The molecule has 8 rings (SSSR count). The van der Waals surface area contributed by atoms with Crippen LogP contribution in [0.25, 0.3) is 32.7 Å². The van der Waals surface area contributed by atoms with Crippen LogP contribution in [0, 0.1) is 0 Å². The fourth-order valence-electron chi connectivity index (χ4n) is 7.01. The van der Waals surface area contributed by atoms with Gasteiger partial charge in [-0.15, -0.1) is 0 Å². The third-order valence-electron chi connectivity index (χ3n) is 9.03. The van der Waals surface area contributed by atoms with Crippen LogP contribution < -0.4 is 5.01 Å². The maximum absolute atomic E-state index is 14.6. The lowest BCUT2D eigenvalue weighted by Crippen LogP contribution is -2.49. The van der Waals surface area contributed by atoms with E-state index in [0.717, 1.165) is 16.7 Å². The quantitative estimate of drug-likeness (QED) is 0.195. The largest absolute Gasteiger partial charge is 0.348 e. The number of nitrogens with zero attached hydrogens (tertiary/aromatic N) is 4. The molecule has 0 atom stereocenters. The summed E-state index contributed by atoms with van der Waals surface area (Å²) in [7, 11) is 1.56. The summed E-state index contributed by atoms with van der Waals surface area (Å²) in [5.74, 6) is -0.853. The van der Waals surface area contributed by atoms with E-state index in [1.165, 1.54) is 42.9 Å². The smallest absolute Gasteiger partial charge is 0.346 e. The fourth-order valence-corrected chi connectivity index (χ4v) is 7.18. The first-order valence-electron chi connectivity index (χ1n) is 15.9. The van der Waals surface area contributed by atoms with E-state index in [9.17, 15) is 9.59 Å². The van der Waals surface area contributed by atoms with Crippen molar-refractivity contribution in [2.24, 2.45) is 4.99 Å². The van der Waals surface area contributed by atoms with Crippen molar-refractivity contribution in [1.29, 1.82) is 0 Å². The van der Waals surface area contributed by atoms with E-state index in [0.29, 0.717) is 35.1 Å². The third-order valence-corrected chi connectivity index (χ3v) is 9.27. The van der Waals surface area contributed by atoms with Gasteiger partial charge in [0.25, 0.3) is 5.91 Å². The number of hydrogen-bond acceptors (Lipinski definition) is 6. The van der Waals surface area contributed by atoms with E-state index in [-0.39, 0.29) is 19.0 Å². The summed E-state index contributed by atoms with van der Waals surface area (Å²) >= 11 is 6.53. The summed E-state index contributed by atoms with van der Waals surface area (Å²) in [5, 5.41) is 7.83. The predicted octanol–water partition coefficient (Wildman–Crippen LogP) is 7.82. The minimum absolute atomic E-state index is 0.0559. The van der Waals surface area contributed by atoms with Crippen molar-refractivity contribution in [3.8, 4) is 11.1 Å². The number of benzene rings is 6. The number of halogens is 1. The van der Waals surface area contributed by atoms with Crippen molar-refractivity contribution in [2.45, 2.75) is 13.1 Å². The Hall–Kier alpha value is -5.34. The molecule has 6 aromatic rings. The number of aliphatic imine (C=N–C) groups is 1. The van der Waals surface area contributed by atoms with Gasteiger partial charge in [-0.3, -0.25) is 14.7 Å². The van der Waals surface area contributed by atoms with Gasteiger partial charge in [0.2, 0.25) is 0 Å². The zero-order valence-electron chi connectivity index (χ0n) is 26.3. The van der Waals surface area contributed by atoms with Crippen molar-refractivity contribution >= 4 is 56.4 Å². The Morgan fingerprint density at radius 1 is 0.771 bits per heavy atom. The van der Waals surface area contributed by atoms with E-state index in [1.807, 2.05) is 30.3 Å². The van der Waals surface area contributed by atoms with Crippen molar-refractivity contribution in [3.05, 3.63) is 149 Å². The maximum atomic E-state index is 14.6. The highest BCUT2D eigenvalue weighted by Crippen LogP contribution is 2.42. The molecule has 0 spiro atoms. The van der Waals surface area contributed by atoms with E-state index < -0.39 is 5.97 Å². The van der Waals surface area contributed by atoms with Crippen LogP contribution in [-0.2, 0) is 27.5 Å². The number of anilines is 1. The fraction of sp³-hybridized carbons (Fsp3) is 0.125. The van der Waals surface area contributed by atoms with Crippen LogP contribution in [0.4, 0.5) is 5.69 Å². The van der Waals surface area contributed by atoms with E-state index >= 15 is 0 Å². The molecule has 6 aromatic carbocycles. The minimum Gasteiger partial charge on any atom is -0.346 e. The first-order valence-corrected chi connectivity index (χ1v) is 16.2. The zero-order valence-corrected chi connectivity index (χ0v) is 27.0. The lowest BCUT2D eigenvalue weighted by atomic mass is 9.88. The Bertz CT molecular complexity index is 2180. The Morgan fingerprint density at radius 2 is 1.38 bits per heavy atom. The van der Waals surface area contributed by atoms with Crippen molar-refractivity contribution in [2.75, 3.05) is 25.1 Å². The molecule has 0 aliphatic carbocycles. The summed E-state index contributed by atoms with van der Waals surface area (Å²) in [6.07, 6.45) is 0. The Balaban J connectivity index is 1.23. The lowest BCUT2D eigenvalue weighted by Gasteiger charge is -2.33. The highest BCUT2D eigenvalue weighted by molar-refractivity contribution is 6.31. The van der Waals surface area contributed by atoms with Crippen molar-refractivity contribution in [3.63, 3.8) is 0 Å². The molecule has 2 aliphatic heterocycles. The molecule has 0 unspecified atom stereocenters. The maximum Gasteiger partial charge on any atom is 0.348 e. The van der Waals surface area contributed by atoms with Crippen LogP contribution in [0.3, 0.4) is 0 Å². The monoisotopic (exact) mass is 650 g/mol. The van der Waals surface area contributed by atoms with Crippen LogP contribution >= 0.6 is 11.6 Å². The second-order valence-electron chi connectivity index (χ2n) is 12.1. The molecule has 1 amide bonds. The lowest BCUT2D eigenvalue weighted by molar-refractivity contribution is -0.186. The van der Waals surface area contributed by atoms with E-state index in [4.69, 9.17) is 16.4 Å². The summed E-state index contributed by atoms with van der Waals surface area (Å²) in [4.78, 5) is 40.0. The number of hydroxylamine groups is 1. The number of amides is 1. The van der Waals surface area contributed by atoms with Gasteiger partial charge in [0, 0.05) is 36.3 Å². The Kier molecular flexibility index (Phi) is 7.73. The van der Waals surface area contributed by atoms with E-state index in [2.05, 4.69) is 82.7 Å². The summed E-state index contributed by atoms with van der Waals surface area (Å²) < 4.78 is 0. The number of rotatable bonds is 3. The minimum atomic E-state index is -0.584. The van der Waals surface area contributed by atoms with Crippen LogP contribution in [0.1, 0.15) is 22.3 Å². The summed E-state index contributed by atoms with van der Waals surface area (Å²) in [6.45, 7) is 0.942. The van der Waals surface area contributed by atoms with Gasteiger partial charge in [-0.25, -0.2) is 9.80 Å². The molecular formula is C40H31ClN4O3. The molecule has 236 valence electrons. The van der Waals surface area contributed by atoms with Gasteiger partial charge >= 0.3 is 5.97 Å². The van der Waals surface area contributed by atoms with Crippen LogP contribution in [-0.4, -0.2) is 47.8 Å². The molecule has 0 N–H and O–H groups in total. The highest BCUT2D eigenvalue weighted by Gasteiger charge is 2.32. The molecule has 7 nitrogen and oxygen atoms in total. The number of hydrogen-bond donors (Lipinski definition) is 0. The number of hydrazine groups is 1. The molecule has 2 aliphatic rings. The number of carbonyl (C=O) groups is 2. The van der Waals surface area contributed by atoms with E-state index in [1.54, 1.807) is 25.2 Å². The molecule has 8 heteroatoms. The molecule has 0 aromatic heterocycles. The van der Waals surface area contributed by atoms with Crippen molar-refractivity contribution in [1.82, 2.24) is 10.1 Å². The molecule has 0 bridgehead atoms. The van der Waals surface area contributed by atoms with Gasteiger partial charge in [-0.2, -0.15) is 0 Å². The highest BCUT2D eigenvalue weighted by atomic mass is 35.5. The second kappa shape index (κ2) is 12.4. The topological polar surface area (TPSA) is 65.5 Å². The average Bonchev–Trinajstić information content (AvgIpc) is 3.23. The number of carbonyl (C=O) groups excluding carboxylic acids is 2. The van der Waals surface area contributed by atoms with Gasteiger partial charge in [-0.1, -0.05) is 115 Å². The first kappa shape index (κ1) is 30.0. The Morgan fingerprint density at radius 3 is 2.02 bits per heavy atom. The molecule has 0 fully saturated rings. The normalized spacial score (nSPS) is 15.3. The van der Waals surface area contributed by atoms with Gasteiger partial charge in [-0.05, 0) is 67.2 Å². The van der Waals surface area contributed by atoms with Crippen LogP contribution in [0.5, 0.6) is 0 Å². The van der Waals surface area contributed by atoms with Crippen molar-refractivity contribution < 1.29 is 14.4 Å². The average molecular weight is 651 g/mol. The van der Waals surface area contributed by atoms with Crippen LogP contribution in [0.15, 0.2) is 126 Å². The predicted molar refractivity (Wildman–Crippen MR) is 191 cm³/mol. The molecule has 48 heavy (non-hydrogen) atoms. The second-order valence-corrected chi connectivity index (χ2v) is 12.5. The van der Waals surface area contributed by atoms with Gasteiger partial charge in [0.05, 0.1) is 17.9 Å². The molecule has 0 radical (unpaired) electrons. The zero-order chi connectivity index (χ0) is 32.8. The summed E-state index contributed by atoms with van der Waals surface area (Å²) in [5.41, 5.74) is 7.17. The molecule has 2 heterocycles. The SMILES string of the molecule is CN1OC(=O)CN=C(c2ccccc2)c2cc(Cl)ccc2N1C(=O)CN1Cc2ccc3ccccc3c2-c2c(ccc3ccccc23)C1. The van der Waals surface area contributed by atoms with Gasteiger partial charge in [0.1, 0.15) is 6.54 Å². The number of fused-ring (bicyclic) bond motifs is 8. The van der Waals surface area contributed by atoms with Gasteiger partial charge in [0.15, 0.2) is 0 Å². The molecular weight excluding hydrogens is 620 g/mol.